The molecule has 1 aliphatic heterocycles. The predicted octanol–water partition coefficient (Wildman–Crippen LogP) is 0.208. The van der Waals surface area contributed by atoms with Gasteiger partial charge >= 0.3 is 0 Å². The molecule has 0 aromatic carbocycles. The lowest BCUT2D eigenvalue weighted by Gasteiger charge is -2.29. The molecule has 0 atom stereocenters. The van der Waals surface area contributed by atoms with E-state index < -0.39 is 10.0 Å². The summed E-state index contributed by atoms with van der Waals surface area (Å²) in [5.41, 5.74) is 0. The molecule has 1 rings (SSSR count). The third kappa shape index (κ3) is 1.38. The second-order valence-electron chi connectivity index (χ2n) is 2.32. The molecule has 0 saturated carbocycles. The quantitative estimate of drug-likeness (QED) is 0.555. The number of hydrogen-bond donors (Lipinski definition) is 0. The molecule has 0 spiro atoms. The van der Waals surface area contributed by atoms with Crippen molar-refractivity contribution in [3.05, 3.63) is 12.7 Å². The van der Waals surface area contributed by atoms with Crippen LogP contribution in [0.3, 0.4) is 0 Å². The maximum absolute atomic E-state index is 11.1. The fourth-order valence-electron chi connectivity index (χ4n) is 0.820. The Labute approximate surface area is 61.4 Å². The van der Waals surface area contributed by atoms with Crippen LogP contribution in [-0.2, 0) is 10.0 Å². The SMILES string of the molecule is C=CCS(=O)(=O)N1CCC1. The van der Waals surface area contributed by atoms with E-state index in [1.54, 1.807) is 0 Å². The molecule has 0 aromatic rings. The minimum Gasteiger partial charge on any atom is -0.212 e. The van der Waals surface area contributed by atoms with E-state index in [-0.39, 0.29) is 5.75 Å². The van der Waals surface area contributed by atoms with Gasteiger partial charge in [-0.3, -0.25) is 0 Å². The highest BCUT2D eigenvalue weighted by Crippen LogP contribution is 2.12. The van der Waals surface area contributed by atoms with Gasteiger partial charge in [-0.25, -0.2) is 12.7 Å². The lowest BCUT2D eigenvalue weighted by atomic mass is 10.3. The standard InChI is InChI=1S/C6H11NO2S/c1-2-6-10(8,9)7-4-3-5-7/h2H,1,3-6H2. The first kappa shape index (κ1) is 7.75. The summed E-state index contributed by atoms with van der Waals surface area (Å²) in [5, 5.41) is 0. The third-order valence-electron chi connectivity index (χ3n) is 1.54. The first-order chi connectivity index (χ1) is 4.67. The molecule has 1 saturated heterocycles. The van der Waals surface area contributed by atoms with Gasteiger partial charge in [0.25, 0.3) is 0 Å². The molecule has 0 radical (unpaired) electrons. The Morgan fingerprint density at radius 1 is 1.50 bits per heavy atom. The van der Waals surface area contributed by atoms with Crippen molar-refractivity contribution < 1.29 is 8.42 Å². The largest absolute Gasteiger partial charge is 0.217 e. The van der Waals surface area contributed by atoms with Gasteiger partial charge < -0.3 is 0 Å². The van der Waals surface area contributed by atoms with Crippen LogP contribution in [0.25, 0.3) is 0 Å². The second-order valence-corrected chi connectivity index (χ2v) is 4.33. The van der Waals surface area contributed by atoms with Crippen molar-refractivity contribution in [3.8, 4) is 0 Å². The second kappa shape index (κ2) is 2.72. The number of nitrogens with zero attached hydrogens (tertiary/aromatic N) is 1. The highest BCUT2D eigenvalue weighted by Gasteiger charge is 2.25. The van der Waals surface area contributed by atoms with E-state index in [9.17, 15) is 8.42 Å². The fraction of sp³-hybridized carbons (Fsp3) is 0.667. The van der Waals surface area contributed by atoms with E-state index in [0.717, 1.165) is 6.42 Å². The molecule has 0 unspecified atom stereocenters. The summed E-state index contributed by atoms with van der Waals surface area (Å²) < 4.78 is 23.6. The number of hydrogen-bond acceptors (Lipinski definition) is 2. The molecule has 0 N–H and O–H groups in total. The molecule has 0 amide bonds. The minimum absolute atomic E-state index is 0.0764. The average molecular weight is 161 g/mol. The number of rotatable bonds is 3. The van der Waals surface area contributed by atoms with E-state index >= 15 is 0 Å². The summed E-state index contributed by atoms with van der Waals surface area (Å²) in [6, 6.07) is 0. The van der Waals surface area contributed by atoms with Gasteiger partial charge in [0.2, 0.25) is 10.0 Å². The molecule has 4 heteroatoms. The lowest BCUT2D eigenvalue weighted by molar-refractivity contribution is 0.310. The van der Waals surface area contributed by atoms with Crippen LogP contribution in [0.1, 0.15) is 6.42 Å². The van der Waals surface area contributed by atoms with Gasteiger partial charge in [-0.2, -0.15) is 0 Å². The topological polar surface area (TPSA) is 37.4 Å². The summed E-state index contributed by atoms with van der Waals surface area (Å²) in [6.45, 7) is 4.76. The fourth-order valence-corrected chi connectivity index (χ4v) is 2.14. The Hall–Kier alpha value is -0.350. The van der Waals surface area contributed by atoms with Crippen molar-refractivity contribution in [1.82, 2.24) is 4.31 Å². The molecule has 1 heterocycles. The van der Waals surface area contributed by atoms with Gasteiger partial charge in [0.15, 0.2) is 0 Å². The minimum atomic E-state index is -2.96. The molecule has 0 bridgehead atoms. The van der Waals surface area contributed by atoms with Crippen LogP contribution >= 0.6 is 0 Å². The average Bonchev–Trinajstić information content (AvgIpc) is 1.56. The first-order valence-electron chi connectivity index (χ1n) is 3.25. The van der Waals surface area contributed by atoms with E-state index in [0.29, 0.717) is 13.1 Å². The van der Waals surface area contributed by atoms with Crippen molar-refractivity contribution >= 4 is 10.0 Å². The Morgan fingerprint density at radius 3 is 2.40 bits per heavy atom. The van der Waals surface area contributed by atoms with Crippen LogP contribution in [-0.4, -0.2) is 31.6 Å². The molecular weight excluding hydrogens is 150 g/mol. The van der Waals surface area contributed by atoms with E-state index in [1.807, 2.05) is 0 Å². The van der Waals surface area contributed by atoms with Gasteiger partial charge in [-0.1, -0.05) is 6.08 Å². The van der Waals surface area contributed by atoms with Crippen LogP contribution in [0.2, 0.25) is 0 Å². The molecule has 0 aromatic heterocycles. The zero-order valence-corrected chi connectivity index (χ0v) is 6.60. The maximum Gasteiger partial charge on any atom is 0.217 e. The third-order valence-corrected chi connectivity index (χ3v) is 3.35. The van der Waals surface area contributed by atoms with Crippen LogP contribution in [0.15, 0.2) is 12.7 Å². The Kier molecular flexibility index (Phi) is 2.11. The summed E-state index contributed by atoms with van der Waals surface area (Å²) in [7, 11) is -2.96. The molecule has 3 nitrogen and oxygen atoms in total. The Morgan fingerprint density at radius 2 is 2.10 bits per heavy atom. The van der Waals surface area contributed by atoms with E-state index in [1.165, 1.54) is 10.4 Å². The Balaban J connectivity index is 2.58. The van der Waals surface area contributed by atoms with Crippen LogP contribution in [0.4, 0.5) is 0 Å². The van der Waals surface area contributed by atoms with E-state index in [4.69, 9.17) is 0 Å². The maximum atomic E-state index is 11.1. The highest BCUT2D eigenvalue weighted by atomic mass is 32.2. The molecule has 1 aliphatic rings. The summed E-state index contributed by atoms with van der Waals surface area (Å²) >= 11 is 0. The van der Waals surface area contributed by atoms with Crippen LogP contribution in [0, 0.1) is 0 Å². The van der Waals surface area contributed by atoms with Gasteiger partial charge in [0.1, 0.15) is 0 Å². The normalized spacial score (nSPS) is 20.0. The zero-order chi connectivity index (χ0) is 7.61. The van der Waals surface area contributed by atoms with Crippen molar-refractivity contribution in [2.75, 3.05) is 18.8 Å². The highest BCUT2D eigenvalue weighted by molar-refractivity contribution is 7.89. The molecule has 58 valence electrons. The summed E-state index contributed by atoms with van der Waals surface area (Å²) in [5.74, 6) is 0.0764. The van der Waals surface area contributed by atoms with Crippen molar-refractivity contribution in [1.29, 1.82) is 0 Å². The predicted molar refractivity (Wildman–Crippen MR) is 40.2 cm³/mol. The molecule has 10 heavy (non-hydrogen) atoms. The Bertz CT molecular complexity index is 216. The van der Waals surface area contributed by atoms with Gasteiger partial charge in [-0.05, 0) is 6.42 Å². The smallest absolute Gasteiger partial charge is 0.212 e. The van der Waals surface area contributed by atoms with E-state index in [2.05, 4.69) is 6.58 Å². The zero-order valence-electron chi connectivity index (χ0n) is 5.78. The molecular formula is C6H11NO2S. The van der Waals surface area contributed by atoms with Crippen molar-refractivity contribution in [3.63, 3.8) is 0 Å². The number of sulfonamides is 1. The molecule has 0 aliphatic carbocycles. The van der Waals surface area contributed by atoms with Crippen LogP contribution < -0.4 is 0 Å². The lowest BCUT2D eigenvalue weighted by Crippen LogP contribution is -2.42. The van der Waals surface area contributed by atoms with Gasteiger partial charge in [-0.15, -0.1) is 6.58 Å². The van der Waals surface area contributed by atoms with Gasteiger partial charge in [0.05, 0.1) is 5.75 Å². The summed E-state index contributed by atoms with van der Waals surface area (Å²) in [4.78, 5) is 0. The van der Waals surface area contributed by atoms with Crippen molar-refractivity contribution in [2.45, 2.75) is 6.42 Å². The summed E-state index contributed by atoms with van der Waals surface area (Å²) in [6.07, 6.45) is 2.42. The van der Waals surface area contributed by atoms with Crippen LogP contribution in [0.5, 0.6) is 0 Å². The molecule has 1 fully saturated rings. The monoisotopic (exact) mass is 161 g/mol. The van der Waals surface area contributed by atoms with Gasteiger partial charge in [0, 0.05) is 13.1 Å². The van der Waals surface area contributed by atoms with Crippen molar-refractivity contribution in [2.24, 2.45) is 0 Å². The first-order valence-corrected chi connectivity index (χ1v) is 4.86.